The molecule has 0 bridgehead atoms. The Morgan fingerprint density at radius 2 is 1.79 bits per heavy atom. The zero-order valence-electron chi connectivity index (χ0n) is 13.4. The summed E-state index contributed by atoms with van der Waals surface area (Å²) in [6.07, 6.45) is 3.04. The Morgan fingerprint density at radius 1 is 1.08 bits per heavy atom. The van der Waals surface area contributed by atoms with E-state index in [1.54, 1.807) is 24.4 Å². The summed E-state index contributed by atoms with van der Waals surface area (Å²) in [5, 5.41) is 2.74. The molecule has 0 fully saturated rings. The summed E-state index contributed by atoms with van der Waals surface area (Å²) < 4.78 is 20.3. The van der Waals surface area contributed by atoms with Gasteiger partial charge in [-0.2, -0.15) is 0 Å². The van der Waals surface area contributed by atoms with Gasteiger partial charge in [-0.05, 0) is 30.7 Å². The summed E-state index contributed by atoms with van der Waals surface area (Å²) in [5.41, 5.74) is 3.07. The molecule has 1 N–H and O–H groups in total. The van der Waals surface area contributed by atoms with Gasteiger partial charge in [0, 0.05) is 30.6 Å². The lowest BCUT2D eigenvalue weighted by Crippen LogP contribution is -2.17. The number of para-hydroxylation sites is 1. The standard InChI is InChI=1S/C19H17FN2O2/c1-13-11-22(2)12-18(13)24-19(23)21-17-6-4-3-5-16(17)14-7-9-15(20)10-8-14/h3-12H,1-2H3,(H,21,23). The molecule has 2 aromatic carbocycles. The van der Waals surface area contributed by atoms with Crippen LogP contribution >= 0.6 is 0 Å². The minimum atomic E-state index is -0.570. The van der Waals surface area contributed by atoms with Crippen molar-refractivity contribution in [1.82, 2.24) is 4.57 Å². The van der Waals surface area contributed by atoms with Crippen LogP contribution in [0.2, 0.25) is 0 Å². The minimum absolute atomic E-state index is 0.303. The number of hydrogen-bond donors (Lipinski definition) is 1. The topological polar surface area (TPSA) is 43.3 Å². The number of hydrogen-bond acceptors (Lipinski definition) is 2. The number of aromatic nitrogens is 1. The van der Waals surface area contributed by atoms with Crippen molar-refractivity contribution in [1.29, 1.82) is 0 Å². The van der Waals surface area contributed by atoms with Crippen molar-refractivity contribution in [2.45, 2.75) is 6.92 Å². The van der Waals surface area contributed by atoms with Gasteiger partial charge in [0.1, 0.15) is 5.82 Å². The third-order valence-electron chi connectivity index (χ3n) is 3.63. The summed E-state index contributed by atoms with van der Waals surface area (Å²) in [6.45, 7) is 1.87. The fourth-order valence-corrected chi connectivity index (χ4v) is 2.51. The zero-order valence-corrected chi connectivity index (χ0v) is 13.4. The van der Waals surface area contributed by atoms with Gasteiger partial charge in [-0.1, -0.05) is 30.3 Å². The number of anilines is 1. The lowest BCUT2D eigenvalue weighted by molar-refractivity contribution is 0.215. The van der Waals surface area contributed by atoms with Gasteiger partial charge in [-0.25, -0.2) is 9.18 Å². The van der Waals surface area contributed by atoms with Crippen molar-refractivity contribution >= 4 is 11.8 Å². The third-order valence-corrected chi connectivity index (χ3v) is 3.63. The highest BCUT2D eigenvalue weighted by atomic mass is 19.1. The van der Waals surface area contributed by atoms with E-state index in [1.807, 2.05) is 42.9 Å². The van der Waals surface area contributed by atoms with Crippen LogP contribution in [0.4, 0.5) is 14.9 Å². The first-order valence-electron chi connectivity index (χ1n) is 7.49. The van der Waals surface area contributed by atoms with Crippen molar-refractivity contribution in [2.24, 2.45) is 7.05 Å². The minimum Gasteiger partial charge on any atom is -0.408 e. The molecule has 0 aliphatic rings. The van der Waals surface area contributed by atoms with Gasteiger partial charge < -0.3 is 9.30 Å². The predicted octanol–water partition coefficient (Wildman–Crippen LogP) is 4.75. The molecule has 24 heavy (non-hydrogen) atoms. The highest BCUT2D eigenvalue weighted by Gasteiger charge is 2.12. The second-order valence-electron chi connectivity index (χ2n) is 5.54. The number of nitrogens with one attached hydrogen (secondary N) is 1. The van der Waals surface area contributed by atoms with Crippen molar-refractivity contribution < 1.29 is 13.9 Å². The molecule has 0 atom stereocenters. The Morgan fingerprint density at radius 3 is 2.46 bits per heavy atom. The van der Waals surface area contributed by atoms with E-state index in [1.165, 1.54) is 12.1 Å². The van der Waals surface area contributed by atoms with E-state index in [0.29, 0.717) is 11.4 Å². The van der Waals surface area contributed by atoms with E-state index in [4.69, 9.17) is 4.74 Å². The molecule has 4 nitrogen and oxygen atoms in total. The van der Waals surface area contributed by atoms with E-state index in [9.17, 15) is 9.18 Å². The largest absolute Gasteiger partial charge is 0.417 e. The van der Waals surface area contributed by atoms with Crippen LogP contribution < -0.4 is 10.1 Å². The molecule has 1 amide bonds. The summed E-state index contributed by atoms with van der Waals surface area (Å²) in [4.78, 5) is 12.2. The van der Waals surface area contributed by atoms with Crippen molar-refractivity contribution in [3.05, 3.63) is 72.3 Å². The molecule has 1 heterocycles. The van der Waals surface area contributed by atoms with Gasteiger partial charge >= 0.3 is 6.09 Å². The van der Waals surface area contributed by atoms with Crippen LogP contribution in [-0.4, -0.2) is 10.7 Å². The van der Waals surface area contributed by atoms with Crippen LogP contribution in [-0.2, 0) is 7.05 Å². The Labute approximate surface area is 139 Å². The monoisotopic (exact) mass is 324 g/mol. The number of halogens is 1. The molecule has 0 unspecified atom stereocenters. The number of nitrogens with zero attached hydrogens (tertiary/aromatic N) is 1. The normalized spacial score (nSPS) is 10.5. The van der Waals surface area contributed by atoms with Gasteiger partial charge in [-0.15, -0.1) is 0 Å². The van der Waals surface area contributed by atoms with E-state index < -0.39 is 6.09 Å². The maximum absolute atomic E-state index is 13.1. The first-order chi connectivity index (χ1) is 11.5. The molecular formula is C19H17FN2O2. The Balaban J connectivity index is 1.81. The molecule has 0 saturated heterocycles. The average molecular weight is 324 g/mol. The van der Waals surface area contributed by atoms with Crippen LogP contribution in [0.3, 0.4) is 0 Å². The first-order valence-corrected chi connectivity index (χ1v) is 7.49. The smallest absolute Gasteiger partial charge is 0.408 e. The number of amides is 1. The first kappa shape index (κ1) is 15.8. The van der Waals surface area contributed by atoms with Crippen molar-refractivity contribution in [3.63, 3.8) is 0 Å². The molecule has 0 aliphatic heterocycles. The van der Waals surface area contributed by atoms with Gasteiger partial charge in [0.2, 0.25) is 0 Å². The van der Waals surface area contributed by atoms with Crippen molar-refractivity contribution in [3.8, 4) is 16.9 Å². The van der Waals surface area contributed by atoms with Crippen LogP contribution in [0.5, 0.6) is 5.75 Å². The van der Waals surface area contributed by atoms with Crippen LogP contribution in [0, 0.1) is 12.7 Å². The maximum atomic E-state index is 13.1. The third kappa shape index (κ3) is 3.46. The molecule has 0 aliphatic carbocycles. The van der Waals surface area contributed by atoms with Gasteiger partial charge in [-0.3, -0.25) is 5.32 Å². The molecular weight excluding hydrogens is 307 g/mol. The van der Waals surface area contributed by atoms with Crippen LogP contribution in [0.15, 0.2) is 60.9 Å². The lowest BCUT2D eigenvalue weighted by Gasteiger charge is -2.11. The van der Waals surface area contributed by atoms with Gasteiger partial charge in [0.05, 0.1) is 5.69 Å². The SMILES string of the molecule is Cc1cn(C)cc1OC(=O)Nc1ccccc1-c1ccc(F)cc1. The molecule has 5 heteroatoms. The highest BCUT2D eigenvalue weighted by molar-refractivity contribution is 5.92. The molecule has 3 aromatic rings. The Bertz CT molecular complexity index is 869. The second-order valence-corrected chi connectivity index (χ2v) is 5.54. The van der Waals surface area contributed by atoms with Gasteiger partial charge in [0.15, 0.2) is 5.75 Å². The summed E-state index contributed by atoms with van der Waals surface area (Å²) in [6, 6.07) is 13.4. The fourth-order valence-electron chi connectivity index (χ4n) is 2.51. The molecule has 1 aromatic heterocycles. The van der Waals surface area contributed by atoms with E-state index >= 15 is 0 Å². The summed E-state index contributed by atoms with van der Waals surface area (Å²) in [5.74, 6) is 0.206. The second kappa shape index (κ2) is 6.58. The van der Waals surface area contributed by atoms with E-state index in [0.717, 1.165) is 16.7 Å². The summed E-state index contributed by atoms with van der Waals surface area (Å²) in [7, 11) is 1.86. The predicted molar refractivity (Wildman–Crippen MR) is 91.6 cm³/mol. The number of ether oxygens (including phenoxy) is 1. The fraction of sp³-hybridized carbons (Fsp3) is 0.105. The number of carbonyl (C=O) groups excluding carboxylic acids is 1. The van der Waals surface area contributed by atoms with E-state index in [2.05, 4.69) is 5.32 Å². The molecule has 0 radical (unpaired) electrons. The number of rotatable bonds is 3. The highest BCUT2D eigenvalue weighted by Crippen LogP contribution is 2.28. The van der Waals surface area contributed by atoms with Crippen LogP contribution in [0.1, 0.15) is 5.56 Å². The molecule has 0 spiro atoms. The Hall–Kier alpha value is -3.08. The Kier molecular flexibility index (Phi) is 4.33. The number of aryl methyl sites for hydroxylation is 2. The number of carbonyl (C=O) groups is 1. The quantitative estimate of drug-likeness (QED) is 0.755. The average Bonchev–Trinajstić information content (AvgIpc) is 2.86. The lowest BCUT2D eigenvalue weighted by atomic mass is 10.0. The van der Waals surface area contributed by atoms with Gasteiger partial charge in [0.25, 0.3) is 0 Å². The van der Waals surface area contributed by atoms with Crippen LogP contribution in [0.25, 0.3) is 11.1 Å². The molecule has 122 valence electrons. The maximum Gasteiger partial charge on any atom is 0.417 e. The zero-order chi connectivity index (χ0) is 17.1. The summed E-state index contributed by atoms with van der Waals surface area (Å²) >= 11 is 0. The molecule has 3 rings (SSSR count). The van der Waals surface area contributed by atoms with Crippen molar-refractivity contribution in [2.75, 3.05) is 5.32 Å². The number of benzene rings is 2. The molecule has 0 saturated carbocycles. The van der Waals surface area contributed by atoms with E-state index in [-0.39, 0.29) is 5.82 Å².